The van der Waals surface area contributed by atoms with E-state index >= 15 is 0 Å². The Hall–Kier alpha value is -3.11. The average Bonchev–Trinajstić information content (AvgIpc) is 2.63. The van der Waals surface area contributed by atoms with E-state index in [0.717, 1.165) is 22.4 Å². The van der Waals surface area contributed by atoms with E-state index in [1.807, 2.05) is 60.7 Å². The number of aromatic carboxylic acids is 1. The number of hydrazine groups is 1. The molecule has 0 bridgehead atoms. The second kappa shape index (κ2) is 7.44. The molecule has 0 saturated heterocycles. The van der Waals surface area contributed by atoms with Crippen LogP contribution < -0.4 is 10.9 Å². The summed E-state index contributed by atoms with van der Waals surface area (Å²) in [4.78, 5) is 11.2. The quantitative estimate of drug-likeness (QED) is 0.597. The van der Waals surface area contributed by atoms with Crippen LogP contribution >= 0.6 is 0 Å². The highest BCUT2D eigenvalue weighted by atomic mass is 16.4. The molecule has 0 aliphatic heterocycles. The average molecular weight is 318 g/mol. The number of carboxylic acids is 1. The van der Waals surface area contributed by atoms with E-state index in [0.29, 0.717) is 6.54 Å². The normalized spacial score (nSPS) is 10.3. The Balaban J connectivity index is 1.78. The highest BCUT2D eigenvalue weighted by Crippen LogP contribution is 2.24. The van der Waals surface area contributed by atoms with E-state index in [1.165, 1.54) is 0 Å². The molecule has 0 fully saturated rings. The first-order chi connectivity index (χ1) is 11.7. The molecule has 0 atom stereocenters. The molecule has 0 heterocycles. The minimum absolute atomic E-state index is 0.290. The van der Waals surface area contributed by atoms with Gasteiger partial charge < -0.3 is 10.5 Å². The van der Waals surface area contributed by atoms with Gasteiger partial charge in [-0.25, -0.2) is 10.2 Å². The van der Waals surface area contributed by atoms with Gasteiger partial charge in [0.1, 0.15) is 0 Å². The summed E-state index contributed by atoms with van der Waals surface area (Å²) in [5.41, 5.74) is 10.6. The van der Waals surface area contributed by atoms with Crippen LogP contribution in [-0.2, 0) is 6.54 Å². The number of nitrogens with one attached hydrogen (secondary N) is 2. The Morgan fingerprint density at radius 3 is 2.42 bits per heavy atom. The van der Waals surface area contributed by atoms with Crippen molar-refractivity contribution in [3.05, 3.63) is 90.0 Å². The molecule has 120 valence electrons. The number of hydrogen-bond acceptors (Lipinski definition) is 3. The van der Waals surface area contributed by atoms with E-state index in [9.17, 15) is 9.90 Å². The van der Waals surface area contributed by atoms with Crippen molar-refractivity contribution < 1.29 is 9.90 Å². The van der Waals surface area contributed by atoms with Crippen LogP contribution in [0.15, 0.2) is 78.9 Å². The van der Waals surface area contributed by atoms with E-state index in [2.05, 4.69) is 10.9 Å². The first-order valence-electron chi connectivity index (χ1n) is 7.69. The Morgan fingerprint density at radius 1 is 0.875 bits per heavy atom. The van der Waals surface area contributed by atoms with Crippen molar-refractivity contribution in [3.8, 4) is 11.1 Å². The van der Waals surface area contributed by atoms with E-state index in [-0.39, 0.29) is 5.56 Å². The maximum absolute atomic E-state index is 11.2. The number of hydrogen-bond donors (Lipinski definition) is 3. The smallest absolute Gasteiger partial charge is 0.335 e. The molecular formula is C20H18N2O2. The molecule has 0 unspecified atom stereocenters. The monoisotopic (exact) mass is 318 g/mol. The number of para-hydroxylation sites is 1. The number of benzene rings is 3. The second-order valence-electron chi connectivity index (χ2n) is 5.39. The zero-order chi connectivity index (χ0) is 16.8. The topological polar surface area (TPSA) is 61.4 Å². The molecule has 0 aromatic heterocycles. The Labute approximate surface area is 140 Å². The fourth-order valence-electron chi connectivity index (χ4n) is 2.54. The zero-order valence-electron chi connectivity index (χ0n) is 13.1. The van der Waals surface area contributed by atoms with Gasteiger partial charge in [-0.1, -0.05) is 54.6 Å². The zero-order valence-corrected chi connectivity index (χ0v) is 13.1. The van der Waals surface area contributed by atoms with Crippen molar-refractivity contribution in [2.45, 2.75) is 6.54 Å². The summed E-state index contributed by atoms with van der Waals surface area (Å²) in [6, 6.07) is 24.8. The van der Waals surface area contributed by atoms with Crippen LogP contribution in [0, 0.1) is 0 Å². The van der Waals surface area contributed by atoms with Crippen molar-refractivity contribution >= 4 is 11.7 Å². The summed E-state index contributed by atoms with van der Waals surface area (Å²) in [5.74, 6) is -0.918. The summed E-state index contributed by atoms with van der Waals surface area (Å²) in [6.45, 7) is 0.613. The lowest BCUT2D eigenvalue weighted by Gasteiger charge is -2.13. The van der Waals surface area contributed by atoms with E-state index < -0.39 is 5.97 Å². The SMILES string of the molecule is O=C(O)c1cccc(-c2ccccc2CNNc2ccccc2)c1. The molecule has 4 nitrogen and oxygen atoms in total. The molecule has 0 spiro atoms. The predicted octanol–water partition coefficient (Wildman–Crippen LogP) is 4.17. The van der Waals surface area contributed by atoms with Gasteiger partial charge in [0, 0.05) is 12.2 Å². The molecule has 3 aromatic rings. The van der Waals surface area contributed by atoms with Gasteiger partial charge in [0.25, 0.3) is 0 Å². The minimum Gasteiger partial charge on any atom is -0.478 e. The van der Waals surface area contributed by atoms with Gasteiger partial charge in [0.05, 0.1) is 5.56 Å². The summed E-state index contributed by atoms with van der Waals surface area (Å²) in [6.07, 6.45) is 0. The van der Waals surface area contributed by atoms with E-state index in [1.54, 1.807) is 18.2 Å². The van der Waals surface area contributed by atoms with Crippen LogP contribution in [0.25, 0.3) is 11.1 Å². The van der Waals surface area contributed by atoms with Gasteiger partial charge in [-0.2, -0.15) is 0 Å². The van der Waals surface area contributed by atoms with Crippen LogP contribution in [0.1, 0.15) is 15.9 Å². The first-order valence-corrected chi connectivity index (χ1v) is 7.69. The fraction of sp³-hybridized carbons (Fsp3) is 0.0500. The third-order valence-electron chi connectivity index (χ3n) is 3.72. The summed E-state index contributed by atoms with van der Waals surface area (Å²) >= 11 is 0. The number of anilines is 1. The Morgan fingerprint density at radius 2 is 1.62 bits per heavy atom. The highest BCUT2D eigenvalue weighted by Gasteiger charge is 2.08. The highest BCUT2D eigenvalue weighted by molar-refractivity contribution is 5.89. The van der Waals surface area contributed by atoms with E-state index in [4.69, 9.17) is 0 Å². The van der Waals surface area contributed by atoms with Crippen molar-refractivity contribution in [1.82, 2.24) is 5.43 Å². The Kier molecular flexibility index (Phi) is 4.89. The standard InChI is InChI=1S/C20H18N2O2/c23-20(24)16-9-6-8-15(13-16)19-12-5-4-7-17(19)14-21-22-18-10-2-1-3-11-18/h1-13,21-22H,14H2,(H,23,24). The summed E-state index contributed by atoms with van der Waals surface area (Å²) in [7, 11) is 0. The van der Waals surface area contributed by atoms with Gasteiger partial charge in [-0.05, 0) is 41.0 Å². The molecule has 3 rings (SSSR count). The second-order valence-corrected chi connectivity index (χ2v) is 5.39. The molecule has 4 heteroatoms. The largest absolute Gasteiger partial charge is 0.478 e. The van der Waals surface area contributed by atoms with Gasteiger partial charge in [0.15, 0.2) is 0 Å². The molecule has 0 amide bonds. The van der Waals surface area contributed by atoms with Crippen molar-refractivity contribution in [2.75, 3.05) is 5.43 Å². The minimum atomic E-state index is -0.918. The summed E-state index contributed by atoms with van der Waals surface area (Å²) in [5, 5.41) is 9.17. The number of rotatable bonds is 6. The van der Waals surface area contributed by atoms with Gasteiger partial charge >= 0.3 is 5.97 Å². The molecule has 24 heavy (non-hydrogen) atoms. The molecule has 3 aromatic carbocycles. The fourth-order valence-corrected chi connectivity index (χ4v) is 2.54. The maximum atomic E-state index is 11.2. The van der Waals surface area contributed by atoms with Crippen LogP contribution in [0.2, 0.25) is 0 Å². The van der Waals surface area contributed by atoms with Crippen molar-refractivity contribution in [2.24, 2.45) is 0 Å². The predicted molar refractivity (Wildman–Crippen MR) is 95.7 cm³/mol. The lowest BCUT2D eigenvalue weighted by molar-refractivity contribution is 0.0697. The van der Waals surface area contributed by atoms with Crippen molar-refractivity contribution in [1.29, 1.82) is 0 Å². The van der Waals surface area contributed by atoms with Crippen LogP contribution in [0.5, 0.6) is 0 Å². The van der Waals surface area contributed by atoms with Crippen molar-refractivity contribution in [3.63, 3.8) is 0 Å². The van der Waals surface area contributed by atoms with Crippen LogP contribution in [0.3, 0.4) is 0 Å². The van der Waals surface area contributed by atoms with Gasteiger partial charge in [-0.3, -0.25) is 0 Å². The number of carboxylic acid groups (broad SMARTS) is 1. The molecule has 0 saturated carbocycles. The summed E-state index contributed by atoms with van der Waals surface area (Å²) < 4.78 is 0. The molecule has 0 aliphatic carbocycles. The third kappa shape index (κ3) is 3.80. The molecule has 0 aliphatic rings. The number of carbonyl (C=O) groups is 1. The molecule has 0 radical (unpaired) electrons. The molecule has 3 N–H and O–H groups in total. The van der Waals surface area contributed by atoms with Crippen LogP contribution in [0.4, 0.5) is 5.69 Å². The van der Waals surface area contributed by atoms with Gasteiger partial charge in [0.2, 0.25) is 0 Å². The lowest BCUT2D eigenvalue weighted by Crippen LogP contribution is -2.21. The van der Waals surface area contributed by atoms with Crippen LogP contribution in [-0.4, -0.2) is 11.1 Å². The lowest BCUT2D eigenvalue weighted by atomic mass is 9.98. The maximum Gasteiger partial charge on any atom is 0.335 e. The van der Waals surface area contributed by atoms with Gasteiger partial charge in [-0.15, -0.1) is 0 Å². The third-order valence-corrected chi connectivity index (χ3v) is 3.72. The Bertz CT molecular complexity index is 832. The first kappa shape index (κ1) is 15.8. The molecular weight excluding hydrogens is 300 g/mol.